The first-order valence-electron chi connectivity index (χ1n) is 8.07. The first kappa shape index (κ1) is 14.6. The Balaban J connectivity index is 1.79. The molecule has 1 aromatic carbocycles. The smallest absolute Gasteiger partial charge is 0.00462 e. The van der Waals surface area contributed by atoms with Gasteiger partial charge in [0, 0.05) is 0 Å². The monoisotopic (exact) mass is 259 g/mol. The van der Waals surface area contributed by atoms with Gasteiger partial charge in [0.25, 0.3) is 0 Å². The molecular formula is C18H29N. The van der Waals surface area contributed by atoms with Gasteiger partial charge >= 0.3 is 0 Å². The predicted octanol–water partition coefficient (Wildman–Crippen LogP) is 4.41. The second kappa shape index (κ2) is 7.69. The van der Waals surface area contributed by atoms with Crippen LogP contribution in [0, 0.1) is 17.8 Å². The lowest BCUT2D eigenvalue weighted by Gasteiger charge is -2.35. The van der Waals surface area contributed by atoms with Gasteiger partial charge in [-0.15, -0.1) is 0 Å². The molecule has 0 heterocycles. The lowest BCUT2D eigenvalue weighted by atomic mass is 9.71. The van der Waals surface area contributed by atoms with Crippen molar-refractivity contribution in [3.05, 3.63) is 35.9 Å². The molecule has 1 aliphatic carbocycles. The summed E-state index contributed by atoms with van der Waals surface area (Å²) in [6.07, 6.45) is 9.47. The molecule has 1 aliphatic rings. The van der Waals surface area contributed by atoms with Gasteiger partial charge in [-0.2, -0.15) is 0 Å². The standard InChI is InChI=1S/C18H29N/c1-2-15-11-12-18(14-19)17(13-15)10-6-9-16-7-4-3-5-8-16/h3-5,7-8,15,17-18H,2,6,9-14,19H2,1H3. The summed E-state index contributed by atoms with van der Waals surface area (Å²) in [5.41, 5.74) is 7.44. The maximum absolute atomic E-state index is 5.96. The van der Waals surface area contributed by atoms with Gasteiger partial charge in [-0.1, -0.05) is 50.1 Å². The molecule has 1 fully saturated rings. The average Bonchev–Trinajstić information content (AvgIpc) is 2.48. The summed E-state index contributed by atoms with van der Waals surface area (Å²) in [5, 5.41) is 0. The number of rotatable bonds is 6. The van der Waals surface area contributed by atoms with Crippen molar-refractivity contribution in [1.29, 1.82) is 0 Å². The van der Waals surface area contributed by atoms with Crippen molar-refractivity contribution in [2.45, 2.75) is 51.9 Å². The van der Waals surface area contributed by atoms with Gasteiger partial charge in [0.1, 0.15) is 0 Å². The Bertz CT molecular complexity index is 346. The van der Waals surface area contributed by atoms with Gasteiger partial charge in [0.05, 0.1) is 0 Å². The van der Waals surface area contributed by atoms with E-state index in [1.54, 1.807) is 0 Å². The highest BCUT2D eigenvalue weighted by molar-refractivity contribution is 5.14. The second-order valence-electron chi connectivity index (χ2n) is 6.22. The van der Waals surface area contributed by atoms with Crippen molar-refractivity contribution < 1.29 is 0 Å². The lowest BCUT2D eigenvalue weighted by Crippen LogP contribution is -2.30. The summed E-state index contributed by atoms with van der Waals surface area (Å²) in [4.78, 5) is 0. The largest absolute Gasteiger partial charge is 0.330 e. The highest BCUT2D eigenvalue weighted by Crippen LogP contribution is 2.37. The molecule has 3 unspecified atom stereocenters. The van der Waals surface area contributed by atoms with Crippen LogP contribution in [-0.4, -0.2) is 6.54 Å². The van der Waals surface area contributed by atoms with Crippen molar-refractivity contribution in [1.82, 2.24) is 0 Å². The molecule has 2 rings (SSSR count). The number of hydrogen-bond acceptors (Lipinski definition) is 1. The Morgan fingerprint density at radius 2 is 1.89 bits per heavy atom. The van der Waals surface area contributed by atoms with Gasteiger partial charge in [-0.3, -0.25) is 0 Å². The van der Waals surface area contributed by atoms with E-state index in [1.165, 1.54) is 50.5 Å². The molecule has 1 aromatic rings. The summed E-state index contributed by atoms with van der Waals surface area (Å²) in [7, 11) is 0. The number of benzene rings is 1. The highest BCUT2D eigenvalue weighted by atomic mass is 14.6. The van der Waals surface area contributed by atoms with Crippen molar-refractivity contribution >= 4 is 0 Å². The van der Waals surface area contributed by atoms with Crippen molar-refractivity contribution in [3.63, 3.8) is 0 Å². The molecule has 0 amide bonds. The fourth-order valence-corrected chi connectivity index (χ4v) is 3.67. The third kappa shape index (κ3) is 4.35. The summed E-state index contributed by atoms with van der Waals surface area (Å²) < 4.78 is 0. The van der Waals surface area contributed by atoms with E-state index in [2.05, 4.69) is 37.3 Å². The predicted molar refractivity (Wildman–Crippen MR) is 83.0 cm³/mol. The Labute approximate surface area is 118 Å². The van der Waals surface area contributed by atoms with Crippen LogP contribution in [0.3, 0.4) is 0 Å². The SMILES string of the molecule is CCC1CCC(CN)C(CCCc2ccccc2)C1. The number of hydrogen-bond donors (Lipinski definition) is 1. The van der Waals surface area contributed by atoms with E-state index in [0.717, 1.165) is 24.3 Å². The Kier molecular flexibility index (Phi) is 5.91. The summed E-state index contributed by atoms with van der Waals surface area (Å²) >= 11 is 0. The van der Waals surface area contributed by atoms with Crippen LogP contribution in [0.5, 0.6) is 0 Å². The average molecular weight is 259 g/mol. The Hall–Kier alpha value is -0.820. The Morgan fingerprint density at radius 3 is 2.58 bits per heavy atom. The highest BCUT2D eigenvalue weighted by Gasteiger charge is 2.28. The molecule has 1 saturated carbocycles. The van der Waals surface area contributed by atoms with Gasteiger partial charge in [0.15, 0.2) is 0 Å². The third-order valence-electron chi connectivity index (χ3n) is 5.01. The first-order chi connectivity index (χ1) is 9.33. The molecule has 19 heavy (non-hydrogen) atoms. The van der Waals surface area contributed by atoms with Gasteiger partial charge in [-0.05, 0) is 62.0 Å². The fourth-order valence-electron chi connectivity index (χ4n) is 3.67. The molecule has 0 aliphatic heterocycles. The Morgan fingerprint density at radius 1 is 1.11 bits per heavy atom. The molecule has 0 radical (unpaired) electrons. The van der Waals surface area contributed by atoms with E-state index < -0.39 is 0 Å². The molecule has 0 aromatic heterocycles. The fraction of sp³-hybridized carbons (Fsp3) is 0.667. The first-order valence-corrected chi connectivity index (χ1v) is 8.07. The molecule has 0 spiro atoms. The minimum atomic E-state index is 0.790. The molecular weight excluding hydrogens is 230 g/mol. The number of aryl methyl sites for hydroxylation is 1. The molecule has 3 atom stereocenters. The van der Waals surface area contributed by atoms with Gasteiger partial charge in [-0.25, -0.2) is 0 Å². The van der Waals surface area contributed by atoms with Crippen LogP contribution in [0.4, 0.5) is 0 Å². The van der Waals surface area contributed by atoms with Crippen molar-refractivity contribution in [2.24, 2.45) is 23.5 Å². The maximum atomic E-state index is 5.96. The molecule has 1 heteroatoms. The second-order valence-corrected chi connectivity index (χ2v) is 6.22. The topological polar surface area (TPSA) is 26.0 Å². The van der Waals surface area contributed by atoms with Crippen LogP contribution < -0.4 is 5.73 Å². The van der Waals surface area contributed by atoms with E-state index in [1.807, 2.05) is 0 Å². The van der Waals surface area contributed by atoms with Crippen LogP contribution in [0.15, 0.2) is 30.3 Å². The summed E-state index contributed by atoms with van der Waals surface area (Å²) in [6, 6.07) is 10.9. The zero-order valence-electron chi connectivity index (χ0n) is 12.4. The minimum Gasteiger partial charge on any atom is -0.330 e. The number of nitrogens with two attached hydrogens (primary N) is 1. The van der Waals surface area contributed by atoms with Crippen LogP contribution in [0.25, 0.3) is 0 Å². The van der Waals surface area contributed by atoms with Crippen LogP contribution >= 0.6 is 0 Å². The molecule has 0 bridgehead atoms. The zero-order chi connectivity index (χ0) is 13.5. The van der Waals surface area contributed by atoms with Crippen molar-refractivity contribution in [3.8, 4) is 0 Å². The van der Waals surface area contributed by atoms with Crippen LogP contribution in [0.1, 0.15) is 51.0 Å². The zero-order valence-corrected chi connectivity index (χ0v) is 12.4. The van der Waals surface area contributed by atoms with E-state index in [9.17, 15) is 0 Å². The molecule has 1 nitrogen and oxygen atoms in total. The molecule has 0 saturated heterocycles. The van der Waals surface area contributed by atoms with Gasteiger partial charge in [0.2, 0.25) is 0 Å². The van der Waals surface area contributed by atoms with Crippen LogP contribution in [-0.2, 0) is 6.42 Å². The van der Waals surface area contributed by atoms with E-state index in [4.69, 9.17) is 5.73 Å². The summed E-state index contributed by atoms with van der Waals surface area (Å²) in [6.45, 7) is 3.24. The summed E-state index contributed by atoms with van der Waals surface area (Å²) in [5.74, 6) is 2.63. The lowest BCUT2D eigenvalue weighted by molar-refractivity contribution is 0.169. The third-order valence-corrected chi connectivity index (χ3v) is 5.01. The minimum absolute atomic E-state index is 0.790. The van der Waals surface area contributed by atoms with E-state index in [-0.39, 0.29) is 0 Å². The van der Waals surface area contributed by atoms with E-state index >= 15 is 0 Å². The quantitative estimate of drug-likeness (QED) is 0.804. The van der Waals surface area contributed by atoms with Crippen LogP contribution in [0.2, 0.25) is 0 Å². The van der Waals surface area contributed by atoms with Crippen molar-refractivity contribution in [2.75, 3.05) is 6.54 Å². The van der Waals surface area contributed by atoms with Gasteiger partial charge < -0.3 is 5.73 Å². The molecule has 2 N–H and O–H groups in total. The van der Waals surface area contributed by atoms with E-state index in [0.29, 0.717) is 0 Å². The maximum Gasteiger partial charge on any atom is -0.00462 e. The molecule has 106 valence electrons. The normalized spacial score (nSPS) is 27.4.